The lowest BCUT2D eigenvalue weighted by molar-refractivity contribution is -0.142. The van der Waals surface area contributed by atoms with E-state index in [9.17, 15) is 18.4 Å². The highest BCUT2D eigenvalue weighted by atomic mass is 35.5. The van der Waals surface area contributed by atoms with Crippen LogP contribution in [0.1, 0.15) is 5.56 Å². The van der Waals surface area contributed by atoms with Gasteiger partial charge >= 0.3 is 12.6 Å². The molecule has 0 aliphatic heterocycles. The predicted molar refractivity (Wildman–Crippen MR) is 98.2 cm³/mol. The van der Waals surface area contributed by atoms with Gasteiger partial charge in [-0.25, -0.2) is 4.79 Å². The van der Waals surface area contributed by atoms with E-state index in [1.807, 2.05) is 0 Å². The van der Waals surface area contributed by atoms with Crippen molar-refractivity contribution in [2.45, 2.75) is 6.61 Å². The Hall–Kier alpha value is -2.64. The van der Waals surface area contributed by atoms with Crippen molar-refractivity contribution in [3.8, 4) is 5.75 Å². The van der Waals surface area contributed by atoms with Gasteiger partial charge in [0.1, 0.15) is 5.75 Å². The van der Waals surface area contributed by atoms with Gasteiger partial charge in [-0.15, -0.1) is 0 Å². The Bertz CT molecular complexity index is 842. The van der Waals surface area contributed by atoms with E-state index in [2.05, 4.69) is 10.1 Å². The summed E-state index contributed by atoms with van der Waals surface area (Å²) >= 11 is 11.6. The Kier molecular flexibility index (Phi) is 7.57. The Labute approximate surface area is 163 Å². The minimum absolute atomic E-state index is 0.00343. The number of alkyl halides is 2. The van der Waals surface area contributed by atoms with Crippen LogP contribution in [0, 0.1) is 0 Å². The van der Waals surface area contributed by atoms with Gasteiger partial charge in [0.25, 0.3) is 5.91 Å². The van der Waals surface area contributed by atoms with Gasteiger partial charge in [0.2, 0.25) is 0 Å². The standard InChI is InChI=1S/C18H13Cl2F2NO4/c19-14-7-4-12(9-15(14)20)23-16(24)10-26-17(25)8-3-11-1-5-13(6-2-11)27-18(21)22/h1-9,18H,10H2,(H,23,24). The lowest BCUT2D eigenvalue weighted by atomic mass is 10.2. The first-order valence-electron chi connectivity index (χ1n) is 7.48. The number of rotatable bonds is 7. The Morgan fingerprint density at radius 2 is 1.78 bits per heavy atom. The van der Waals surface area contributed by atoms with Crippen LogP contribution in [0.3, 0.4) is 0 Å². The number of halogens is 4. The topological polar surface area (TPSA) is 64.6 Å². The number of hydrogen-bond acceptors (Lipinski definition) is 4. The molecule has 1 amide bonds. The van der Waals surface area contributed by atoms with Gasteiger partial charge in [-0.3, -0.25) is 4.79 Å². The number of esters is 1. The summed E-state index contributed by atoms with van der Waals surface area (Å²) in [7, 11) is 0. The van der Waals surface area contributed by atoms with Gasteiger partial charge in [0.05, 0.1) is 10.0 Å². The first-order valence-corrected chi connectivity index (χ1v) is 8.23. The summed E-state index contributed by atoms with van der Waals surface area (Å²) in [5.41, 5.74) is 0.973. The summed E-state index contributed by atoms with van der Waals surface area (Å²) in [6.07, 6.45) is 2.51. The fraction of sp³-hybridized carbons (Fsp3) is 0.111. The minimum Gasteiger partial charge on any atom is -0.452 e. The van der Waals surface area contributed by atoms with Crippen molar-refractivity contribution in [2.75, 3.05) is 11.9 Å². The number of carbonyl (C=O) groups is 2. The maximum atomic E-state index is 12.1. The molecule has 0 saturated carbocycles. The van der Waals surface area contributed by atoms with Crippen LogP contribution in [-0.4, -0.2) is 25.1 Å². The number of carbonyl (C=O) groups excluding carboxylic acids is 2. The molecule has 0 heterocycles. The van der Waals surface area contributed by atoms with E-state index in [0.29, 0.717) is 16.3 Å². The Morgan fingerprint density at radius 3 is 2.41 bits per heavy atom. The van der Waals surface area contributed by atoms with E-state index in [1.54, 1.807) is 6.07 Å². The fourth-order valence-corrected chi connectivity index (χ4v) is 2.18. The van der Waals surface area contributed by atoms with Crippen LogP contribution >= 0.6 is 23.2 Å². The van der Waals surface area contributed by atoms with Crippen molar-refractivity contribution in [1.29, 1.82) is 0 Å². The largest absolute Gasteiger partial charge is 0.452 e. The molecule has 9 heteroatoms. The summed E-state index contributed by atoms with van der Waals surface area (Å²) in [6.45, 7) is -3.40. The average Bonchev–Trinajstić information content (AvgIpc) is 2.62. The number of benzene rings is 2. The molecule has 2 rings (SSSR count). The molecule has 0 aromatic heterocycles. The molecular formula is C18H13Cl2F2NO4. The predicted octanol–water partition coefficient (Wildman–Crippen LogP) is 4.79. The molecule has 0 radical (unpaired) electrons. The molecule has 1 N–H and O–H groups in total. The van der Waals surface area contributed by atoms with E-state index < -0.39 is 25.1 Å². The second kappa shape index (κ2) is 9.89. The van der Waals surface area contributed by atoms with Crippen LogP contribution in [0.2, 0.25) is 10.0 Å². The third-order valence-electron chi connectivity index (χ3n) is 3.07. The molecule has 142 valence electrons. The van der Waals surface area contributed by atoms with Crippen LogP contribution in [-0.2, 0) is 14.3 Å². The van der Waals surface area contributed by atoms with Crippen LogP contribution in [0.15, 0.2) is 48.5 Å². The fourth-order valence-electron chi connectivity index (χ4n) is 1.88. The maximum absolute atomic E-state index is 12.1. The lowest BCUT2D eigenvalue weighted by Crippen LogP contribution is -2.20. The van der Waals surface area contributed by atoms with Crippen LogP contribution in [0.4, 0.5) is 14.5 Å². The van der Waals surface area contributed by atoms with Crippen molar-refractivity contribution < 1.29 is 27.8 Å². The summed E-state index contributed by atoms with van der Waals surface area (Å²) in [6, 6.07) is 10.2. The van der Waals surface area contributed by atoms with E-state index in [0.717, 1.165) is 6.08 Å². The van der Waals surface area contributed by atoms with Gasteiger partial charge in [-0.1, -0.05) is 35.3 Å². The first-order chi connectivity index (χ1) is 12.8. The van der Waals surface area contributed by atoms with E-state index >= 15 is 0 Å². The molecular weight excluding hydrogens is 403 g/mol. The molecule has 27 heavy (non-hydrogen) atoms. The second-order valence-electron chi connectivity index (χ2n) is 5.07. The SMILES string of the molecule is O=C(COC(=O)C=Cc1ccc(OC(F)F)cc1)Nc1ccc(Cl)c(Cl)c1. The van der Waals surface area contributed by atoms with Crippen molar-refractivity contribution >= 4 is 46.8 Å². The Morgan fingerprint density at radius 1 is 1.07 bits per heavy atom. The van der Waals surface area contributed by atoms with E-state index in [1.165, 1.54) is 42.5 Å². The van der Waals surface area contributed by atoms with Crippen LogP contribution in [0.25, 0.3) is 6.08 Å². The quantitative estimate of drug-likeness (QED) is 0.521. The molecule has 5 nitrogen and oxygen atoms in total. The summed E-state index contributed by atoms with van der Waals surface area (Å²) in [5.74, 6) is -1.29. The minimum atomic E-state index is -2.91. The number of ether oxygens (including phenoxy) is 2. The molecule has 2 aromatic carbocycles. The average molecular weight is 416 g/mol. The molecule has 0 fully saturated rings. The molecule has 0 aliphatic rings. The number of nitrogens with one attached hydrogen (secondary N) is 1. The van der Waals surface area contributed by atoms with E-state index in [4.69, 9.17) is 27.9 Å². The van der Waals surface area contributed by atoms with Gasteiger partial charge in [0, 0.05) is 11.8 Å². The third kappa shape index (κ3) is 7.24. The highest BCUT2D eigenvalue weighted by Crippen LogP contribution is 2.24. The Balaban J connectivity index is 1.80. The smallest absolute Gasteiger partial charge is 0.387 e. The number of hydrogen-bond donors (Lipinski definition) is 1. The normalized spacial score (nSPS) is 10.9. The van der Waals surface area contributed by atoms with Crippen LogP contribution in [0.5, 0.6) is 5.75 Å². The van der Waals surface area contributed by atoms with Crippen LogP contribution < -0.4 is 10.1 Å². The first kappa shape index (κ1) is 20.7. The van der Waals surface area contributed by atoms with Gasteiger partial charge in [-0.2, -0.15) is 8.78 Å². The molecule has 0 saturated heterocycles. The molecule has 0 unspecified atom stereocenters. The van der Waals surface area contributed by atoms with Gasteiger partial charge in [0.15, 0.2) is 6.61 Å². The monoisotopic (exact) mass is 415 g/mol. The summed E-state index contributed by atoms with van der Waals surface area (Å²) in [4.78, 5) is 23.4. The van der Waals surface area contributed by atoms with Crippen molar-refractivity contribution in [1.82, 2.24) is 0 Å². The molecule has 0 spiro atoms. The van der Waals surface area contributed by atoms with E-state index in [-0.39, 0.29) is 10.8 Å². The summed E-state index contributed by atoms with van der Waals surface area (Å²) in [5, 5.41) is 3.13. The highest BCUT2D eigenvalue weighted by molar-refractivity contribution is 6.42. The van der Waals surface area contributed by atoms with Gasteiger partial charge < -0.3 is 14.8 Å². The van der Waals surface area contributed by atoms with Crippen molar-refractivity contribution in [3.63, 3.8) is 0 Å². The second-order valence-corrected chi connectivity index (χ2v) is 5.88. The zero-order valence-electron chi connectivity index (χ0n) is 13.6. The molecule has 0 bridgehead atoms. The molecule has 2 aromatic rings. The molecule has 0 atom stereocenters. The number of anilines is 1. The zero-order valence-corrected chi connectivity index (χ0v) is 15.1. The van der Waals surface area contributed by atoms with Gasteiger partial charge in [-0.05, 0) is 42.0 Å². The third-order valence-corrected chi connectivity index (χ3v) is 3.81. The number of amides is 1. The van der Waals surface area contributed by atoms with Crippen molar-refractivity contribution in [3.05, 3.63) is 64.1 Å². The lowest BCUT2D eigenvalue weighted by Gasteiger charge is -2.06. The zero-order chi connectivity index (χ0) is 19.8. The van der Waals surface area contributed by atoms with Crippen molar-refractivity contribution in [2.24, 2.45) is 0 Å². The summed E-state index contributed by atoms with van der Waals surface area (Å²) < 4.78 is 33.1. The molecule has 0 aliphatic carbocycles. The highest BCUT2D eigenvalue weighted by Gasteiger charge is 2.07. The maximum Gasteiger partial charge on any atom is 0.387 e.